The highest BCUT2D eigenvalue weighted by Crippen LogP contribution is 2.31. The first-order valence-electron chi connectivity index (χ1n) is 7.56. The first-order valence-corrected chi connectivity index (χ1v) is 7.56. The number of rotatable bonds is 5. The molecule has 2 rings (SSSR count). The van der Waals surface area contributed by atoms with Crippen molar-refractivity contribution in [1.29, 1.82) is 0 Å². The van der Waals surface area contributed by atoms with E-state index in [1.807, 2.05) is 24.3 Å². The van der Waals surface area contributed by atoms with E-state index in [2.05, 4.69) is 6.92 Å². The Morgan fingerprint density at radius 1 is 1.16 bits per heavy atom. The lowest BCUT2D eigenvalue weighted by molar-refractivity contribution is -0.124. The van der Waals surface area contributed by atoms with Crippen molar-refractivity contribution < 1.29 is 4.79 Å². The molecule has 0 bridgehead atoms. The van der Waals surface area contributed by atoms with Crippen molar-refractivity contribution in [3.05, 3.63) is 29.8 Å². The average Bonchev–Trinajstić information content (AvgIpc) is 2.46. The van der Waals surface area contributed by atoms with Crippen LogP contribution in [0.15, 0.2) is 24.3 Å². The number of hydrogen-bond acceptors (Lipinski definition) is 2. The van der Waals surface area contributed by atoms with Crippen molar-refractivity contribution in [2.45, 2.75) is 51.9 Å². The molecule has 0 aromatic heterocycles. The molecule has 0 radical (unpaired) electrons. The summed E-state index contributed by atoms with van der Waals surface area (Å²) in [5.74, 6) is 1.66. The number of carbonyl (C=O) groups is 1. The fraction of sp³-hybridized carbons (Fsp3) is 0.588. The van der Waals surface area contributed by atoms with E-state index in [-0.39, 0.29) is 0 Å². The fourth-order valence-electron chi connectivity index (χ4n) is 3.05. The molecule has 1 aromatic carbocycles. The van der Waals surface area contributed by atoms with Gasteiger partial charge in [-0.1, -0.05) is 25.5 Å². The van der Waals surface area contributed by atoms with Crippen molar-refractivity contribution in [2.75, 3.05) is 5.73 Å². The molecule has 2 heteroatoms. The lowest BCUT2D eigenvalue weighted by Gasteiger charge is -2.26. The molecule has 2 N–H and O–H groups in total. The zero-order valence-corrected chi connectivity index (χ0v) is 11.9. The second-order valence-corrected chi connectivity index (χ2v) is 5.83. The number of hydrogen-bond donors (Lipinski definition) is 1. The molecular weight excluding hydrogens is 234 g/mol. The summed E-state index contributed by atoms with van der Waals surface area (Å²) in [6.45, 7) is 2.26. The summed E-state index contributed by atoms with van der Waals surface area (Å²) in [7, 11) is 0. The van der Waals surface area contributed by atoms with E-state index >= 15 is 0 Å². The molecule has 104 valence electrons. The van der Waals surface area contributed by atoms with Crippen molar-refractivity contribution in [3.63, 3.8) is 0 Å². The fourth-order valence-corrected chi connectivity index (χ4v) is 3.05. The molecule has 0 amide bonds. The molecule has 1 fully saturated rings. The standard InChI is InChI=1S/C17H25NO/c1-2-13-3-8-15(9-4-13)17(19)12-7-14-5-10-16(18)11-6-14/h5-6,10-11,13,15H,2-4,7-9,12,18H2,1H3. The van der Waals surface area contributed by atoms with Gasteiger partial charge in [-0.25, -0.2) is 0 Å². The topological polar surface area (TPSA) is 43.1 Å². The summed E-state index contributed by atoms with van der Waals surface area (Å²) in [6, 6.07) is 7.87. The van der Waals surface area contributed by atoms with Crippen LogP contribution < -0.4 is 5.73 Å². The third kappa shape index (κ3) is 4.09. The summed E-state index contributed by atoms with van der Waals surface area (Å²) in [5.41, 5.74) is 7.66. The Balaban J connectivity index is 1.77. The number of anilines is 1. The van der Waals surface area contributed by atoms with Crippen LogP contribution in [-0.2, 0) is 11.2 Å². The van der Waals surface area contributed by atoms with Gasteiger partial charge in [-0.3, -0.25) is 4.79 Å². The van der Waals surface area contributed by atoms with Crippen LogP contribution in [0.2, 0.25) is 0 Å². The highest BCUT2D eigenvalue weighted by atomic mass is 16.1. The Kier molecular flexibility index (Phi) is 5.00. The van der Waals surface area contributed by atoms with Gasteiger partial charge < -0.3 is 5.73 Å². The molecule has 1 aromatic rings. The van der Waals surface area contributed by atoms with Crippen LogP contribution in [0.25, 0.3) is 0 Å². The number of ketones is 1. The second kappa shape index (κ2) is 6.74. The predicted molar refractivity (Wildman–Crippen MR) is 79.9 cm³/mol. The van der Waals surface area contributed by atoms with Gasteiger partial charge in [0, 0.05) is 18.0 Å². The Morgan fingerprint density at radius 2 is 1.79 bits per heavy atom. The Bertz CT molecular complexity index is 402. The second-order valence-electron chi connectivity index (χ2n) is 5.83. The molecule has 0 heterocycles. The maximum Gasteiger partial charge on any atom is 0.136 e. The number of Topliss-reactive ketones (excluding diaryl/α,β-unsaturated/α-hetero) is 1. The van der Waals surface area contributed by atoms with E-state index in [9.17, 15) is 4.79 Å². The van der Waals surface area contributed by atoms with Crippen molar-refractivity contribution in [2.24, 2.45) is 11.8 Å². The van der Waals surface area contributed by atoms with E-state index in [1.165, 1.54) is 24.8 Å². The third-order valence-electron chi connectivity index (χ3n) is 4.52. The van der Waals surface area contributed by atoms with Gasteiger partial charge in [0.15, 0.2) is 0 Å². The van der Waals surface area contributed by atoms with Gasteiger partial charge >= 0.3 is 0 Å². The van der Waals surface area contributed by atoms with Gasteiger partial charge in [-0.2, -0.15) is 0 Å². The van der Waals surface area contributed by atoms with Crippen molar-refractivity contribution >= 4 is 11.5 Å². The first kappa shape index (κ1) is 14.1. The minimum Gasteiger partial charge on any atom is -0.399 e. The molecule has 2 nitrogen and oxygen atoms in total. The van der Waals surface area contributed by atoms with Gasteiger partial charge in [0.2, 0.25) is 0 Å². The van der Waals surface area contributed by atoms with Crippen LogP contribution in [0, 0.1) is 11.8 Å². The minimum atomic E-state index is 0.330. The Hall–Kier alpha value is -1.31. The Morgan fingerprint density at radius 3 is 2.37 bits per heavy atom. The molecule has 0 saturated heterocycles. The van der Waals surface area contributed by atoms with Crippen LogP contribution in [0.3, 0.4) is 0 Å². The summed E-state index contributed by atoms with van der Waals surface area (Å²) in [5, 5.41) is 0. The summed E-state index contributed by atoms with van der Waals surface area (Å²) in [4.78, 5) is 12.2. The summed E-state index contributed by atoms with van der Waals surface area (Å²) in [6.07, 6.45) is 7.52. The van der Waals surface area contributed by atoms with Gasteiger partial charge in [-0.05, 0) is 55.7 Å². The van der Waals surface area contributed by atoms with Crippen LogP contribution in [0.5, 0.6) is 0 Å². The third-order valence-corrected chi connectivity index (χ3v) is 4.52. The first-order chi connectivity index (χ1) is 9.19. The molecule has 1 aliphatic rings. The van der Waals surface area contributed by atoms with Gasteiger partial charge in [0.05, 0.1) is 0 Å². The molecule has 0 unspecified atom stereocenters. The average molecular weight is 259 g/mol. The quantitative estimate of drug-likeness (QED) is 0.813. The van der Waals surface area contributed by atoms with E-state index in [0.717, 1.165) is 30.9 Å². The maximum absolute atomic E-state index is 12.2. The maximum atomic E-state index is 12.2. The van der Waals surface area contributed by atoms with E-state index in [4.69, 9.17) is 5.73 Å². The molecule has 0 aliphatic heterocycles. The number of nitrogen functional groups attached to an aromatic ring is 1. The zero-order valence-electron chi connectivity index (χ0n) is 11.9. The molecule has 0 atom stereocenters. The van der Waals surface area contributed by atoms with E-state index < -0.39 is 0 Å². The molecule has 0 spiro atoms. The lowest BCUT2D eigenvalue weighted by atomic mass is 9.78. The highest BCUT2D eigenvalue weighted by molar-refractivity contribution is 5.81. The largest absolute Gasteiger partial charge is 0.399 e. The van der Waals surface area contributed by atoms with Crippen molar-refractivity contribution in [1.82, 2.24) is 0 Å². The molecular formula is C17H25NO. The van der Waals surface area contributed by atoms with Gasteiger partial charge in [-0.15, -0.1) is 0 Å². The normalized spacial score (nSPS) is 23.2. The zero-order chi connectivity index (χ0) is 13.7. The minimum absolute atomic E-state index is 0.330. The summed E-state index contributed by atoms with van der Waals surface area (Å²) < 4.78 is 0. The number of aryl methyl sites for hydroxylation is 1. The van der Waals surface area contributed by atoms with Crippen LogP contribution >= 0.6 is 0 Å². The SMILES string of the molecule is CCC1CCC(C(=O)CCc2ccc(N)cc2)CC1. The summed E-state index contributed by atoms with van der Waals surface area (Å²) >= 11 is 0. The smallest absolute Gasteiger partial charge is 0.136 e. The monoisotopic (exact) mass is 259 g/mol. The highest BCUT2D eigenvalue weighted by Gasteiger charge is 2.24. The van der Waals surface area contributed by atoms with Gasteiger partial charge in [0.25, 0.3) is 0 Å². The molecule has 1 aliphatic carbocycles. The number of nitrogens with two attached hydrogens (primary N) is 1. The Labute approximate surface area is 116 Å². The van der Waals surface area contributed by atoms with Gasteiger partial charge in [0.1, 0.15) is 5.78 Å². The predicted octanol–water partition coefficient (Wildman–Crippen LogP) is 3.99. The van der Waals surface area contributed by atoms with Crippen LogP contribution in [0.1, 0.15) is 51.0 Å². The van der Waals surface area contributed by atoms with E-state index in [0.29, 0.717) is 18.1 Å². The number of benzene rings is 1. The number of carbonyl (C=O) groups excluding carboxylic acids is 1. The van der Waals surface area contributed by atoms with Crippen molar-refractivity contribution in [3.8, 4) is 0 Å². The van der Waals surface area contributed by atoms with E-state index in [1.54, 1.807) is 0 Å². The van der Waals surface area contributed by atoms with Crippen LogP contribution in [0.4, 0.5) is 5.69 Å². The molecule has 1 saturated carbocycles. The van der Waals surface area contributed by atoms with Crippen LogP contribution in [-0.4, -0.2) is 5.78 Å². The molecule has 19 heavy (non-hydrogen) atoms. The lowest BCUT2D eigenvalue weighted by Crippen LogP contribution is -2.22.